The fourth-order valence-electron chi connectivity index (χ4n) is 2.31. The van der Waals surface area contributed by atoms with Gasteiger partial charge in [-0.05, 0) is 41.1 Å². The Bertz CT molecular complexity index is 828. The van der Waals surface area contributed by atoms with Crippen molar-refractivity contribution in [2.45, 2.75) is 6.92 Å². The molecule has 0 unspecified atom stereocenters. The van der Waals surface area contributed by atoms with E-state index in [0.717, 1.165) is 21.4 Å². The number of benzene rings is 2. The molecule has 2 aromatic carbocycles. The van der Waals surface area contributed by atoms with Crippen molar-refractivity contribution >= 4 is 21.9 Å². The Hall–Kier alpha value is -2.40. The highest BCUT2D eigenvalue weighted by Gasteiger charge is 2.18. The lowest BCUT2D eigenvalue weighted by Crippen LogP contribution is -2.07. The number of rotatable bonds is 4. The van der Waals surface area contributed by atoms with Crippen molar-refractivity contribution < 1.29 is 9.53 Å². The standard InChI is InChI=1S/C18H15BrN2O2/c1-2-23-18(22)15-12-17(13-8-4-3-5-9-13)21(20-15)16-11-7-6-10-14(16)19/h3-12H,2H2,1H3. The smallest absolute Gasteiger partial charge is 0.358 e. The van der Waals surface area contributed by atoms with Crippen LogP contribution in [0.3, 0.4) is 0 Å². The number of para-hydroxylation sites is 1. The predicted molar refractivity (Wildman–Crippen MR) is 92.7 cm³/mol. The number of nitrogens with zero attached hydrogens (tertiary/aromatic N) is 2. The summed E-state index contributed by atoms with van der Waals surface area (Å²) in [6.45, 7) is 2.10. The fraction of sp³-hybridized carbons (Fsp3) is 0.111. The van der Waals surface area contributed by atoms with Crippen LogP contribution in [0, 0.1) is 0 Å². The Morgan fingerprint density at radius 1 is 1.13 bits per heavy atom. The van der Waals surface area contributed by atoms with Crippen molar-refractivity contribution in [2.24, 2.45) is 0 Å². The van der Waals surface area contributed by atoms with Gasteiger partial charge in [-0.2, -0.15) is 5.10 Å². The SMILES string of the molecule is CCOC(=O)c1cc(-c2ccccc2)n(-c2ccccc2Br)n1. The Labute approximate surface area is 142 Å². The molecule has 0 bridgehead atoms. The predicted octanol–water partition coefficient (Wildman–Crippen LogP) is 4.48. The number of esters is 1. The van der Waals surface area contributed by atoms with E-state index >= 15 is 0 Å². The van der Waals surface area contributed by atoms with Gasteiger partial charge in [0.15, 0.2) is 5.69 Å². The Morgan fingerprint density at radius 2 is 1.83 bits per heavy atom. The minimum absolute atomic E-state index is 0.293. The number of hydrogen-bond donors (Lipinski definition) is 0. The second kappa shape index (κ2) is 6.79. The molecule has 116 valence electrons. The van der Waals surface area contributed by atoms with E-state index in [1.54, 1.807) is 17.7 Å². The molecule has 0 radical (unpaired) electrons. The zero-order valence-corrected chi connectivity index (χ0v) is 14.2. The van der Waals surface area contributed by atoms with Gasteiger partial charge in [-0.1, -0.05) is 42.5 Å². The maximum Gasteiger partial charge on any atom is 0.358 e. The van der Waals surface area contributed by atoms with Crippen LogP contribution in [-0.4, -0.2) is 22.4 Å². The minimum atomic E-state index is -0.421. The summed E-state index contributed by atoms with van der Waals surface area (Å²) in [5.74, 6) is -0.421. The van der Waals surface area contributed by atoms with Crippen LogP contribution in [0.2, 0.25) is 0 Å². The van der Waals surface area contributed by atoms with Crippen LogP contribution in [0.1, 0.15) is 17.4 Å². The van der Waals surface area contributed by atoms with Gasteiger partial charge >= 0.3 is 5.97 Å². The summed E-state index contributed by atoms with van der Waals surface area (Å²) >= 11 is 3.54. The van der Waals surface area contributed by atoms with E-state index in [-0.39, 0.29) is 0 Å². The maximum atomic E-state index is 12.0. The molecule has 5 heteroatoms. The van der Waals surface area contributed by atoms with E-state index in [9.17, 15) is 4.79 Å². The van der Waals surface area contributed by atoms with Crippen molar-refractivity contribution in [3.63, 3.8) is 0 Å². The summed E-state index contributed by atoms with van der Waals surface area (Å²) < 4.78 is 7.73. The molecule has 0 saturated carbocycles. The van der Waals surface area contributed by atoms with E-state index in [1.807, 2.05) is 54.6 Å². The van der Waals surface area contributed by atoms with Crippen molar-refractivity contribution in [3.8, 4) is 16.9 Å². The van der Waals surface area contributed by atoms with Crippen molar-refractivity contribution in [1.82, 2.24) is 9.78 Å². The van der Waals surface area contributed by atoms with E-state index in [1.165, 1.54) is 0 Å². The molecule has 0 saturated heterocycles. The van der Waals surface area contributed by atoms with E-state index in [4.69, 9.17) is 4.74 Å². The molecule has 0 atom stereocenters. The van der Waals surface area contributed by atoms with Gasteiger partial charge < -0.3 is 4.74 Å². The molecule has 4 nitrogen and oxygen atoms in total. The highest BCUT2D eigenvalue weighted by Crippen LogP contribution is 2.28. The van der Waals surface area contributed by atoms with Crippen LogP contribution in [0.5, 0.6) is 0 Å². The summed E-state index contributed by atoms with van der Waals surface area (Å²) in [7, 11) is 0. The largest absolute Gasteiger partial charge is 0.461 e. The van der Waals surface area contributed by atoms with Crippen molar-refractivity contribution in [3.05, 3.63) is 70.8 Å². The van der Waals surface area contributed by atoms with Crippen LogP contribution in [-0.2, 0) is 4.74 Å². The topological polar surface area (TPSA) is 44.1 Å². The average molecular weight is 371 g/mol. The Kier molecular flexibility index (Phi) is 4.57. The number of hydrogen-bond acceptors (Lipinski definition) is 3. The highest BCUT2D eigenvalue weighted by molar-refractivity contribution is 9.10. The molecule has 0 N–H and O–H groups in total. The molecule has 0 spiro atoms. The van der Waals surface area contributed by atoms with Gasteiger partial charge in [-0.25, -0.2) is 9.48 Å². The van der Waals surface area contributed by atoms with Crippen molar-refractivity contribution in [1.29, 1.82) is 0 Å². The van der Waals surface area contributed by atoms with Gasteiger partial charge in [0.2, 0.25) is 0 Å². The van der Waals surface area contributed by atoms with E-state index in [0.29, 0.717) is 12.3 Å². The lowest BCUT2D eigenvalue weighted by atomic mass is 10.1. The fourth-order valence-corrected chi connectivity index (χ4v) is 2.76. The quantitative estimate of drug-likeness (QED) is 0.636. The number of aromatic nitrogens is 2. The van der Waals surface area contributed by atoms with Gasteiger partial charge in [-0.15, -0.1) is 0 Å². The zero-order chi connectivity index (χ0) is 16.2. The van der Waals surface area contributed by atoms with Gasteiger partial charge in [0.25, 0.3) is 0 Å². The van der Waals surface area contributed by atoms with Gasteiger partial charge in [0, 0.05) is 10.0 Å². The Morgan fingerprint density at radius 3 is 2.52 bits per heavy atom. The first kappa shape index (κ1) is 15.5. The van der Waals surface area contributed by atoms with Crippen molar-refractivity contribution in [2.75, 3.05) is 6.61 Å². The number of carbonyl (C=O) groups excluding carboxylic acids is 1. The first-order chi connectivity index (χ1) is 11.2. The van der Waals surface area contributed by atoms with E-state index in [2.05, 4.69) is 21.0 Å². The molecule has 3 rings (SSSR count). The van der Waals surface area contributed by atoms with Gasteiger partial charge in [0.05, 0.1) is 18.0 Å². The van der Waals surface area contributed by atoms with Crippen LogP contribution in [0.15, 0.2) is 65.1 Å². The molecular formula is C18H15BrN2O2. The third-order valence-electron chi connectivity index (χ3n) is 3.34. The summed E-state index contributed by atoms with van der Waals surface area (Å²) in [6, 6.07) is 19.3. The monoisotopic (exact) mass is 370 g/mol. The van der Waals surface area contributed by atoms with Crippen LogP contribution in [0.25, 0.3) is 16.9 Å². The molecule has 0 aliphatic rings. The normalized spacial score (nSPS) is 10.5. The molecule has 0 amide bonds. The first-order valence-corrected chi connectivity index (χ1v) is 8.07. The van der Waals surface area contributed by atoms with Gasteiger partial charge in [-0.3, -0.25) is 0 Å². The van der Waals surface area contributed by atoms with Crippen LogP contribution < -0.4 is 0 Å². The highest BCUT2D eigenvalue weighted by atomic mass is 79.9. The molecule has 0 fully saturated rings. The molecule has 0 aliphatic heterocycles. The molecule has 0 aliphatic carbocycles. The molecule has 23 heavy (non-hydrogen) atoms. The lowest BCUT2D eigenvalue weighted by molar-refractivity contribution is 0.0519. The summed E-state index contributed by atoms with van der Waals surface area (Å²) in [5.41, 5.74) is 2.97. The summed E-state index contributed by atoms with van der Waals surface area (Å²) in [4.78, 5) is 12.0. The van der Waals surface area contributed by atoms with E-state index < -0.39 is 5.97 Å². The number of halogens is 1. The second-order valence-corrected chi connectivity index (χ2v) is 5.72. The minimum Gasteiger partial charge on any atom is -0.461 e. The molecular weight excluding hydrogens is 356 g/mol. The maximum absolute atomic E-state index is 12.0. The van der Waals surface area contributed by atoms with Crippen LogP contribution in [0.4, 0.5) is 0 Å². The van der Waals surface area contributed by atoms with Gasteiger partial charge in [0.1, 0.15) is 0 Å². The lowest BCUT2D eigenvalue weighted by Gasteiger charge is -2.09. The molecule has 3 aromatic rings. The summed E-state index contributed by atoms with van der Waals surface area (Å²) in [6.07, 6.45) is 0. The average Bonchev–Trinajstić information content (AvgIpc) is 3.01. The number of ether oxygens (including phenoxy) is 1. The molecule has 1 heterocycles. The van der Waals surface area contributed by atoms with Crippen LogP contribution >= 0.6 is 15.9 Å². The number of carbonyl (C=O) groups is 1. The molecule has 1 aromatic heterocycles. The second-order valence-electron chi connectivity index (χ2n) is 4.86. The zero-order valence-electron chi connectivity index (χ0n) is 12.6. The third-order valence-corrected chi connectivity index (χ3v) is 4.01. The third kappa shape index (κ3) is 3.19. The Balaban J connectivity index is 2.17. The summed E-state index contributed by atoms with van der Waals surface area (Å²) in [5, 5.41) is 4.45. The first-order valence-electron chi connectivity index (χ1n) is 7.28.